The molecule has 4 nitrogen and oxygen atoms in total. The van der Waals surface area contributed by atoms with Crippen LogP contribution >= 0.6 is 8.38 Å². The standard InChI is InChI=1S/C32H31N2O2P/c1-33(25-13-5-3-6-14-25)31(34(2)26-15-7-4-8-16-26)37-35-27-17-9-11-23-19-21-32(29(23)27)22-20-24-12-10-18-28(36-37)30(24)32/h3-18,31H,19-22H2,1-2H3. The summed E-state index contributed by atoms with van der Waals surface area (Å²) in [5.41, 5.74) is 7.92. The molecule has 0 radical (unpaired) electrons. The Hall–Kier alpha value is -3.49. The van der Waals surface area contributed by atoms with Crippen LogP contribution in [-0.4, -0.2) is 20.0 Å². The number of rotatable bonds is 5. The van der Waals surface area contributed by atoms with Gasteiger partial charge in [0.15, 0.2) is 5.91 Å². The van der Waals surface area contributed by atoms with Crippen molar-refractivity contribution in [1.82, 2.24) is 0 Å². The summed E-state index contributed by atoms with van der Waals surface area (Å²) in [5, 5.41) is 0. The third-order valence-electron chi connectivity index (χ3n) is 8.41. The Bertz CT molecular complexity index is 1330. The first-order chi connectivity index (χ1) is 18.2. The van der Waals surface area contributed by atoms with Crippen LogP contribution in [0.5, 0.6) is 11.5 Å². The van der Waals surface area contributed by atoms with Crippen LogP contribution in [0, 0.1) is 0 Å². The largest absolute Gasteiger partial charge is 0.436 e. The Morgan fingerprint density at radius 3 is 1.54 bits per heavy atom. The van der Waals surface area contributed by atoms with E-state index >= 15 is 0 Å². The Balaban J connectivity index is 1.40. The van der Waals surface area contributed by atoms with Gasteiger partial charge < -0.3 is 18.8 Å². The molecule has 186 valence electrons. The SMILES string of the molecule is CN(c1ccccc1)C(N(C)c1ccccc1)P1Oc2cccc3c2C2(CC3)CCc3cccc(c32)O1. The van der Waals surface area contributed by atoms with Crippen molar-refractivity contribution in [2.45, 2.75) is 37.0 Å². The first-order valence-electron chi connectivity index (χ1n) is 13.1. The van der Waals surface area contributed by atoms with Crippen LogP contribution in [0.15, 0.2) is 97.1 Å². The number of aryl methyl sites for hydroxylation is 2. The van der Waals surface area contributed by atoms with Gasteiger partial charge in [0.05, 0.1) is 0 Å². The minimum atomic E-state index is -1.44. The highest BCUT2D eigenvalue weighted by molar-refractivity contribution is 7.49. The second-order valence-corrected chi connectivity index (χ2v) is 11.8. The van der Waals surface area contributed by atoms with Crippen molar-refractivity contribution in [2.24, 2.45) is 0 Å². The first-order valence-corrected chi connectivity index (χ1v) is 14.4. The van der Waals surface area contributed by atoms with Gasteiger partial charge in [-0.15, -0.1) is 0 Å². The average Bonchev–Trinajstić information content (AvgIpc) is 3.51. The molecule has 4 aromatic rings. The number of hydrogen-bond acceptors (Lipinski definition) is 4. The Morgan fingerprint density at radius 2 is 1.08 bits per heavy atom. The third-order valence-corrected chi connectivity index (χ3v) is 10.2. The molecular formula is C32H31N2O2P. The predicted molar refractivity (Wildman–Crippen MR) is 152 cm³/mol. The molecule has 0 fully saturated rings. The van der Waals surface area contributed by atoms with Crippen molar-refractivity contribution < 1.29 is 9.05 Å². The van der Waals surface area contributed by atoms with Gasteiger partial charge in [0.2, 0.25) is 0 Å². The lowest BCUT2D eigenvalue weighted by atomic mass is 9.76. The molecule has 0 atom stereocenters. The van der Waals surface area contributed by atoms with Gasteiger partial charge in [-0.25, -0.2) is 0 Å². The molecule has 4 aromatic carbocycles. The molecule has 0 aromatic heterocycles. The molecule has 0 saturated heterocycles. The third kappa shape index (κ3) is 3.54. The highest BCUT2D eigenvalue weighted by atomic mass is 31.2. The number of anilines is 2. The van der Waals surface area contributed by atoms with Crippen molar-refractivity contribution in [3.8, 4) is 11.5 Å². The minimum Gasteiger partial charge on any atom is -0.436 e. The predicted octanol–water partition coefficient (Wildman–Crippen LogP) is 7.50. The first kappa shape index (κ1) is 22.7. The molecule has 0 unspecified atom stereocenters. The molecule has 2 aliphatic carbocycles. The molecule has 7 rings (SSSR count). The maximum atomic E-state index is 7.04. The molecule has 0 amide bonds. The topological polar surface area (TPSA) is 24.9 Å². The van der Waals surface area contributed by atoms with E-state index in [1.807, 2.05) is 0 Å². The van der Waals surface area contributed by atoms with E-state index in [9.17, 15) is 0 Å². The van der Waals surface area contributed by atoms with Crippen LogP contribution in [0.4, 0.5) is 11.4 Å². The second-order valence-electron chi connectivity index (χ2n) is 10.4. The summed E-state index contributed by atoms with van der Waals surface area (Å²) in [7, 11) is 2.85. The van der Waals surface area contributed by atoms with E-state index in [4.69, 9.17) is 9.05 Å². The quantitative estimate of drug-likeness (QED) is 0.207. The van der Waals surface area contributed by atoms with E-state index in [1.165, 1.54) is 22.3 Å². The summed E-state index contributed by atoms with van der Waals surface area (Å²) in [4.78, 5) is 4.58. The lowest BCUT2D eigenvalue weighted by Gasteiger charge is -2.42. The smallest absolute Gasteiger partial charge is 0.337 e. The zero-order chi connectivity index (χ0) is 25.0. The van der Waals surface area contributed by atoms with Gasteiger partial charge in [-0.3, -0.25) is 0 Å². The van der Waals surface area contributed by atoms with E-state index in [-0.39, 0.29) is 11.3 Å². The highest BCUT2D eigenvalue weighted by Gasteiger charge is 2.51. The van der Waals surface area contributed by atoms with Crippen molar-refractivity contribution >= 4 is 19.8 Å². The Labute approximate surface area is 220 Å². The normalized spacial score (nSPS) is 16.7. The van der Waals surface area contributed by atoms with Gasteiger partial charge in [-0.1, -0.05) is 60.7 Å². The number of para-hydroxylation sites is 2. The molecule has 0 saturated carbocycles. The summed E-state index contributed by atoms with van der Waals surface area (Å²) in [6, 6.07) is 34.3. The van der Waals surface area contributed by atoms with Crippen LogP contribution in [0.25, 0.3) is 0 Å². The van der Waals surface area contributed by atoms with Gasteiger partial charge in [0, 0.05) is 42.0 Å². The van der Waals surface area contributed by atoms with Crippen LogP contribution in [0.2, 0.25) is 0 Å². The van der Waals surface area contributed by atoms with Crippen LogP contribution in [-0.2, 0) is 18.3 Å². The van der Waals surface area contributed by atoms with Crippen LogP contribution in [0.3, 0.4) is 0 Å². The Morgan fingerprint density at radius 1 is 0.622 bits per heavy atom. The van der Waals surface area contributed by atoms with Gasteiger partial charge in [0.1, 0.15) is 11.5 Å². The van der Waals surface area contributed by atoms with Crippen LogP contribution < -0.4 is 18.8 Å². The minimum absolute atomic E-state index is 0.00539. The van der Waals surface area contributed by atoms with Crippen molar-refractivity contribution in [2.75, 3.05) is 23.9 Å². The number of benzene rings is 4. The molecule has 5 heteroatoms. The molecule has 3 aliphatic rings. The van der Waals surface area contributed by atoms with Gasteiger partial charge in [0.25, 0.3) is 0 Å². The summed E-state index contributed by atoms with van der Waals surface area (Å²) in [6.07, 6.45) is 4.45. The fourth-order valence-electron chi connectivity index (χ4n) is 6.70. The van der Waals surface area contributed by atoms with E-state index in [2.05, 4.69) is 121 Å². The van der Waals surface area contributed by atoms with E-state index in [0.717, 1.165) is 48.6 Å². The molecule has 0 N–H and O–H groups in total. The highest BCUT2D eigenvalue weighted by Crippen LogP contribution is 2.62. The average molecular weight is 507 g/mol. The van der Waals surface area contributed by atoms with Crippen LogP contribution in [0.1, 0.15) is 35.1 Å². The molecule has 0 bridgehead atoms. The van der Waals surface area contributed by atoms with Crippen molar-refractivity contribution in [3.05, 3.63) is 119 Å². The maximum absolute atomic E-state index is 7.04. The zero-order valence-electron chi connectivity index (χ0n) is 21.3. The zero-order valence-corrected chi connectivity index (χ0v) is 22.2. The fraction of sp³-hybridized carbons (Fsp3) is 0.250. The van der Waals surface area contributed by atoms with Gasteiger partial charge >= 0.3 is 8.38 Å². The van der Waals surface area contributed by atoms with E-state index < -0.39 is 8.38 Å². The number of nitrogens with zero attached hydrogens (tertiary/aromatic N) is 2. The second kappa shape index (κ2) is 8.82. The van der Waals surface area contributed by atoms with Gasteiger partial charge in [-0.2, -0.15) is 0 Å². The van der Waals surface area contributed by atoms with E-state index in [0.29, 0.717) is 0 Å². The fourth-order valence-corrected chi connectivity index (χ4v) is 8.45. The summed E-state index contributed by atoms with van der Waals surface area (Å²) >= 11 is 0. The molecule has 1 heterocycles. The number of hydrogen-bond donors (Lipinski definition) is 0. The van der Waals surface area contributed by atoms with Crippen molar-refractivity contribution in [3.63, 3.8) is 0 Å². The lowest BCUT2D eigenvalue weighted by molar-refractivity contribution is 0.417. The molecule has 1 spiro atoms. The lowest BCUT2D eigenvalue weighted by Crippen LogP contribution is -2.45. The van der Waals surface area contributed by atoms with Gasteiger partial charge in [-0.05, 0) is 73.2 Å². The maximum Gasteiger partial charge on any atom is 0.337 e. The van der Waals surface area contributed by atoms with Crippen molar-refractivity contribution in [1.29, 1.82) is 0 Å². The molecule has 1 aliphatic heterocycles. The summed E-state index contributed by atoms with van der Waals surface area (Å²) in [6.45, 7) is 0. The summed E-state index contributed by atoms with van der Waals surface area (Å²) in [5.74, 6) is 1.83. The summed E-state index contributed by atoms with van der Waals surface area (Å²) < 4.78 is 14.1. The van der Waals surface area contributed by atoms with E-state index in [1.54, 1.807) is 0 Å². The molecule has 37 heavy (non-hydrogen) atoms. The Kier molecular flexibility index (Phi) is 5.41. The monoisotopic (exact) mass is 506 g/mol. The molecular weight excluding hydrogens is 475 g/mol.